The highest BCUT2D eigenvalue weighted by molar-refractivity contribution is 5.87. The number of aliphatic hydroxyl groups excluding tert-OH is 1. The molecule has 1 unspecified atom stereocenters. The minimum Gasteiger partial charge on any atom is -0.378 e. The lowest BCUT2D eigenvalue weighted by molar-refractivity contribution is -0.132. The maximum atomic E-state index is 13.8. The fourth-order valence-electron chi connectivity index (χ4n) is 3.18. The summed E-state index contributed by atoms with van der Waals surface area (Å²) in [5, 5.41) is 22.8. The van der Waals surface area contributed by atoms with Crippen LogP contribution < -0.4 is 10.6 Å². The van der Waals surface area contributed by atoms with E-state index in [2.05, 4.69) is 25.9 Å². The van der Waals surface area contributed by atoms with Gasteiger partial charge in [-0.3, -0.25) is 9.59 Å². The molecular formula is C23H20FN5O5. The molecule has 1 atom stereocenters. The van der Waals surface area contributed by atoms with Gasteiger partial charge in [0.25, 0.3) is 11.8 Å². The second-order valence-electron chi connectivity index (χ2n) is 7.18. The van der Waals surface area contributed by atoms with Crippen LogP contribution in [0.15, 0.2) is 63.6 Å². The summed E-state index contributed by atoms with van der Waals surface area (Å²) in [4.78, 5) is 27.5. The van der Waals surface area contributed by atoms with Gasteiger partial charge in [0.05, 0.1) is 12.1 Å². The normalized spacial score (nSPS) is 11.7. The van der Waals surface area contributed by atoms with Crippen molar-refractivity contribution in [3.8, 4) is 34.3 Å². The van der Waals surface area contributed by atoms with Crippen molar-refractivity contribution >= 4 is 11.8 Å². The SMILES string of the molecule is CNC(=O)CNC(=O)C(O)c1ccc(-c2noc(-c3onc(-c4ccccc4)c3CF)n2)cc1. The van der Waals surface area contributed by atoms with E-state index >= 15 is 0 Å². The van der Waals surface area contributed by atoms with Crippen molar-refractivity contribution in [2.24, 2.45) is 0 Å². The van der Waals surface area contributed by atoms with E-state index in [1.807, 2.05) is 18.2 Å². The summed E-state index contributed by atoms with van der Waals surface area (Å²) in [6, 6.07) is 15.2. The maximum Gasteiger partial charge on any atom is 0.297 e. The molecular weight excluding hydrogens is 445 g/mol. The van der Waals surface area contributed by atoms with Gasteiger partial charge in [-0.2, -0.15) is 4.98 Å². The summed E-state index contributed by atoms with van der Waals surface area (Å²) in [5.41, 5.74) is 2.08. The molecule has 0 spiro atoms. The number of nitrogens with zero attached hydrogens (tertiary/aromatic N) is 3. The third-order valence-corrected chi connectivity index (χ3v) is 5.02. The Balaban J connectivity index is 1.51. The van der Waals surface area contributed by atoms with Crippen LogP contribution in [0.4, 0.5) is 4.39 Å². The monoisotopic (exact) mass is 465 g/mol. The molecule has 2 aromatic heterocycles. The summed E-state index contributed by atoms with van der Waals surface area (Å²) in [6.07, 6.45) is -1.46. The van der Waals surface area contributed by atoms with E-state index in [-0.39, 0.29) is 35.5 Å². The van der Waals surface area contributed by atoms with Crippen molar-refractivity contribution in [3.05, 3.63) is 65.7 Å². The Bertz CT molecular complexity index is 1290. The number of halogens is 1. The van der Waals surface area contributed by atoms with Crippen LogP contribution in [0.5, 0.6) is 0 Å². The number of benzene rings is 2. The lowest BCUT2D eigenvalue weighted by Crippen LogP contribution is -2.37. The summed E-state index contributed by atoms with van der Waals surface area (Å²) in [5.74, 6) is -0.892. The lowest BCUT2D eigenvalue weighted by atomic mass is 10.1. The molecule has 4 aromatic rings. The zero-order chi connectivity index (χ0) is 24.1. The van der Waals surface area contributed by atoms with Crippen molar-refractivity contribution in [2.75, 3.05) is 13.6 Å². The van der Waals surface area contributed by atoms with Crippen LogP contribution in [-0.2, 0) is 16.3 Å². The lowest BCUT2D eigenvalue weighted by Gasteiger charge is -2.11. The number of aliphatic hydroxyl groups is 1. The van der Waals surface area contributed by atoms with Gasteiger partial charge in [0.1, 0.15) is 12.4 Å². The molecule has 0 saturated heterocycles. The Kier molecular flexibility index (Phi) is 6.74. The zero-order valence-electron chi connectivity index (χ0n) is 18.0. The second kappa shape index (κ2) is 10.0. The number of aromatic nitrogens is 3. The summed E-state index contributed by atoms with van der Waals surface area (Å²) >= 11 is 0. The average molecular weight is 465 g/mol. The number of nitrogens with one attached hydrogen (secondary N) is 2. The van der Waals surface area contributed by atoms with E-state index in [4.69, 9.17) is 9.05 Å². The molecule has 0 aliphatic carbocycles. The zero-order valence-corrected chi connectivity index (χ0v) is 18.0. The molecule has 0 radical (unpaired) electrons. The molecule has 11 heteroatoms. The van der Waals surface area contributed by atoms with Gasteiger partial charge in [0, 0.05) is 18.2 Å². The van der Waals surface area contributed by atoms with Gasteiger partial charge < -0.3 is 24.8 Å². The van der Waals surface area contributed by atoms with Crippen molar-refractivity contribution in [3.63, 3.8) is 0 Å². The Hall–Kier alpha value is -4.38. The van der Waals surface area contributed by atoms with Crippen LogP contribution in [0.3, 0.4) is 0 Å². The largest absolute Gasteiger partial charge is 0.378 e. The van der Waals surface area contributed by atoms with Crippen molar-refractivity contribution in [1.82, 2.24) is 25.9 Å². The first-order valence-electron chi connectivity index (χ1n) is 10.2. The molecule has 0 aliphatic rings. The molecule has 2 heterocycles. The molecule has 3 N–H and O–H groups in total. The van der Waals surface area contributed by atoms with Gasteiger partial charge in [-0.15, -0.1) is 0 Å². The van der Waals surface area contributed by atoms with E-state index in [9.17, 15) is 19.1 Å². The number of carbonyl (C=O) groups excluding carboxylic acids is 2. The van der Waals surface area contributed by atoms with Gasteiger partial charge in [-0.25, -0.2) is 4.39 Å². The molecule has 0 saturated carbocycles. The Labute approximate surface area is 192 Å². The Morgan fingerprint density at radius 3 is 2.44 bits per heavy atom. The number of likely N-dealkylation sites (N-methyl/N-ethyl adjacent to an activating group) is 1. The average Bonchev–Trinajstić information content (AvgIpc) is 3.54. The van der Waals surface area contributed by atoms with Gasteiger partial charge in [-0.05, 0) is 5.56 Å². The van der Waals surface area contributed by atoms with Crippen LogP contribution in [0.25, 0.3) is 34.3 Å². The van der Waals surface area contributed by atoms with Gasteiger partial charge >= 0.3 is 0 Å². The predicted molar refractivity (Wildman–Crippen MR) is 118 cm³/mol. The first kappa shape index (κ1) is 22.8. The van der Waals surface area contributed by atoms with E-state index in [1.54, 1.807) is 24.3 Å². The second-order valence-corrected chi connectivity index (χ2v) is 7.18. The van der Waals surface area contributed by atoms with E-state index in [0.29, 0.717) is 22.4 Å². The van der Waals surface area contributed by atoms with Crippen LogP contribution in [0.2, 0.25) is 0 Å². The predicted octanol–water partition coefficient (Wildman–Crippen LogP) is 2.42. The van der Waals surface area contributed by atoms with E-state index in [0.717, 1.165) is 0 Å². The maximum absolute atomic E-state index is 13.8. The Morgan fingerprint density at radius 2 is 1.76 bits per heavy atom. The molecule has 0 fully saturated rings. The molecule has 10 nitrogen and oxygen atoms in total. The fourth-order valence-corrected chi connectivity index (χ4v) is 3.18. The minimum absolute atomic E-state index is 0.0324. The fraction of sp³-hybridized carbons (Fsp3) is 0.174. The minimum atomic E-state index is -1.46. The van der Waals surface area contributed by atoms with Crippen LogP contribution >= 0.6 is 0 Å². The first-order chi connectivity index (χ1) is 16.5. The number of carbonyl (C=O) groups is 2. The smallest absolute Gasteiger partial charge is 0.297 e. The summed E-state index contributed by atoms with van der Waals surface area (Å²) in [7, 11) is 1.44. The number of rotatable bonds is 8. The van der Waals surface area contributed by atoms with Crippen LogP contribution in [-0.4, -0.2) is 45.8 Å². The van der Waals surface area contributed by atoms with Gasteiger partial charge in [0.2, 0.25) is 17.5 Å². The van der Waals surface area contributed by atoms with Gasteiger partial charge in [0.15, 0.2) is 6.10 Å². The Morgan fingerprint density at radius 1 is 1.03 bits per heavy atom. The number of alkyl halides is 1. The third kappa shape index (κ3) is 4.69. The van der Waals surface area contributed by atoms with E-state index < -0.39 is 18.7 Å². The van der Waals surface area contributed by atoms with Crippen LogP contribution in [0, 0.1) is 0 Å². The molecule has 0 bridgehead atoms. The number of amides is 2. The topological polar surface area (TPSA) is 143 Å². The van der Waals surface area contributed by atoms with E-state index in [1.165, 1.54) is 19.2 Å². The van der Waals surface area contributed by atoms with Crippen molar-refractivity contribution in [1.29, 1.82) is 0 Å². The third-order valence-electron chi connectivity index (χ3n) is 5.02. The molecule has 0 aliphatic heterocycles. The number of hydrogen-bond acceptors (Lipinski definition) is 8. The van der Waals surface area contributed by atoms with Gasteiger partial charge in [-0.1, -0.05) is 64.9 Å². The standard InChI is InChI=1S/C23H20FN5O5/c1-25-17(30)12-26-22(32)19(31)14-7-9-15(10-8-14)21-27-23(34-29-21)20-16(11-24)18(28-33-20)13-5-3-2-4-6-13/h2-10,19,31H,11-12H2,1H3,(H,25,30)(H,26,32). The van der Waals surface area contributed by atoms with Crippen molar-refractivity contribution in [2.45, 2.75) is 12.8 Å². The molecule has 34 heavy (non-hydrogen) atoms. The summed E-state index contributed by atoms with van der Waals surface area (Å²) in [6.45, 7) is -1.08. The summed E-state index contributed by atoms with van der Waals surface area (Å²) < 4.78 is 24.4. The molecule has 2 aromatic carbocycles. The molecule has 2 amide bonds. The van der Waals surface area contributed by atoms with Crippen LogP contribution in [0.1, 0.15) is 17.2 Å². The first-order valence-corrected chi connectivity index (χ1v) is 10.2. The highest BCUT2D eigenvalue weighted by Gasteiger charge is 2.24. The quantitative estimate of drug-likeness (QED) is 0.360. The van der Waals surface area contributed by atoms with Crippen molar-refractivity contribution < 1.29 is 28.1 Å². The number of hydrogen-bond donors (Lipinski definition) is 3. The highest BCUT2D eigenvalue weighted by Crippen LogP contribution is 2.33. The molecule has 174 valence electrons. The molecule has 4 rings (SSSR count). The highest BCUT2D eigenvalue weighted by atomic mass is 19.1.